The van der Waals surface area contributed by atoms with Crippen LogP contribution in [0.25, 0.3) is 0 Å². The van der Waals surface area contributed by atoms with E-state index in [1.807, 2.05) is 0 Å². The zero-order valence-corrected chi connectivity index (χ0v) is 11.1. The molecule has 0 amide bonds. The van der Waals surface area contributed by atoms with Gasteiger partial charge in [-0.15, -0.1) is 0 Å². The summed E-state index contributed by atoms with van der Waals surface area (Å²) in [6.07, 6.45) is 2.88. The Morgan fingerprint density at radius 3 is 2.00 bits per heavy atom. The first-order valence-corrected chi connectivity index (χ1v) is 6.38. The fourth-order valence-electron chi connectivity index (χ4n) is 3.87. The molecule has 0 unspecified atom stereocenters. The van der Waals surface area contributed by atoms with Gasteiger partial charge in [0.1, 0.15) is 6.67 Å². The van der Waals surface area contributed by atoms with Gasteiger partial charge in [0, 0.05) is 18.4 Å². The Balaban J connectivity index is 2.21. The maximum absolute atomic E-state index is 2.71. The Kier molecular flexibility index (Phi) is 2.44. The minimum Gasteiger partial charge on any atom is -0.310 e. The van der Waals surface area contributed by atoms with Crippen LogP contribution in [0.2, 0.25) is 0 Å². The van der Waals surface area contributed by atoms with E-state index in [0.717, 1.165) is 0 Å². The van der Waals surface area contributed by atoms with Gasteiger partial charge in [0.05, 0.1) is 25.2 Å². The van der Waals surface area contributed by atoms with Crippen LogP contribution in [0.5, 0.6) is 0 Å². The lowest BCUT2D eigenvalue weighted by Crippen LogP contribution is -2.51. The highest BCUT2D eigenvalue weighted by Crippen LogP contribution is 2.38. The second-order valence-corrected chi connectivity index (χ2v) is 7.21. The minimum absolute atomic E-state index is 0.313. The molecule has 0 atom stereocenters. The number of nitrogens with zero attached hydrogens (tertiary/aromatic N) is 2. The highest BCUT2D eigenvalue weighted by Gasteiger charge is 2.52. The molecule has 2 fully saturated rings. The van der Waals surface area contributed by atoms with Crippen LogP contribution in [0.3, 0.4) is 0 Å². The van der Waals surface area contributed by atoms with Crippen molar-refractivity contribution in [3.05, 3.63) is 0 Å². The van der Waals surface area contributed by atoms with Crippen molar-refractivity contribution in [1.82, 2.24) is 4.90 Å². The smallest absolute Gasteiger partial charge is 0.136 e. The Morgan fingerprint density at radius 2 is 1.60 bits per heavy atom. The van der Waals surface area contributed by atoms with Gasteiger partial charge in [0.15, 0.2) is 0 Å². The summed E-state index contributed by atoms with van der Waals surface area (Å²) >= 11 is 0. The molecule has 88 valence electrons. The fraction of sp³-hybridized carbons (Fsp3) is 1.00. The van der Waals surface area contributed by atoms with Crippen LogP contribution < -0.4 is 0 Å². The van der Waals surface area contributed by atoms with E-state index >= 15 is 0 Å². The first-order valence-electron chi connectivity index (χ1n) is 6.38. The Hall–Kier alpha value is -0.0800. The van der Waals surface area contributed by atoms with Crippen LogP contribution in [0.4, 0.5) is 0 Å². The molecule has 1 spiro atoms. The molecule has 2 nitrogen and oxygen atoms in total. The third kappa shape index (κ3) is 1.94. The largest absolute Gasteiger partial charge is 0.310 e. The van der Waals surface area contributed by atoms with E-state index in [2.05, 4.69) is 39.5 Å². The summed E-state index contributed by atoms with van der Waals surface area (Å²) in [6.45, 7) is 17.4. The highest BCUT2D eigenvalue weighted by molar-refractivity contribution is 4.93. The maximum Gasteiger partial charge on any atom is 0.136 e. The molecule has 2 saturated heterocycles. The van der Waals surface area contributed by atoms with Crippen LogP contribution in [-0.4, -0.2) is 46.8 Å². The fourth-order valence-corrected chi connectivity index (χ4v) is 3.87. The predicted molar refractivity (Wildman–Crippen MR) is 64.6 cm³/mol. The molecular formula is C13H27N2+. The van der Waals surface area contributed by atoms with Gasteiger partial charge in [-0.1, -0.05) is 0 Å². The van der Waals surface area contributed by atoms with Gasteiger partial charge in [-0.3, -0.25) is 0 Å². The lowest BCUT2D eigenvalue weighted by molar-refractivity contribution is -0.910. The van der Waals surface area contributed by atoms with E-state index in [9.17, 15) is 0 Å². The van der Waals surface area contributed by atoms with Crippen molar-refractivity contribution in [2.75, 3.05) is 26.3 Å². The van der Waals surface area contributed by atoms with Gasteiger partial charge >= 0.3 is 0 Å². The molecule has 0 radical (unpaired) electrons. The molecule has 0 aromatic rings. The molecule has 0 bridgehead atoms. The molecule has 2 rings (SSSR count). The summed E-state index contributed by atoms with van der Waals surface area (Å²) in [5.41, 5.74) is 0.691. The van der Waals surface area contributed by atoms with E-state index in [0.29, 0.717) is 11.1 Å². The number of quaternary nitrogens is 1. The highest BCUT2D eigenvalue weighted by atomic mass is 15.5. The topological polar surface area (TPSA) is 3.24 Å². The van der Waals surface area contributed by atoms with Crippen LogP contribution in [-0.2, 0) is 0 Å². The molecule has 2 heterocycles. The van der Waals surface area contributed by atoms with Crippen molar-refractivity contribution >= 4 is 0 Å². The maximum atomic E-state index is 2.71. The monoisotopic (exact) mass is 211 g/mol. The number of hydrogen-bond donors (Lipinski definition) is 0. The molecule has 2 heteroatoms. The molecule has 0 saturated carbocycles. The summed E-state index contributed by atoms with van der Waals surface area (Å²) < 4.78 is 1.37. The van der Waals surface area contributed by atoms with Crippen molar-refractivity contribution in [2.24, 2.45) is 0 Å². The zero-order valence-electron chi connectivity index (χ0n) is 11.1. The quantitative estimate of drug-likeness (QED) is 0.556. The van der Waals surface area contributed by atoms with Gasteiger partial charge in [-0.05, 0) is 34.6 Å². The van der Waals surface area contributed by atoms with Crippen LogP contribution in [0.15, 0.2) is 0 Å². The molecular weight excluding hydrogens is 184 g/mol. The number of hydrogen-bond acceptors (Lipinski definition) is 1. The van der Waals surface area contributed by atoms with Crippen molar-refractivity contribution in [2.45, 2.75) is 58.5 Å². The van der Waals surface area contributed by atoms with Crippen molar-refractivity contribution in [1.29, 1.82) is 0 Å². The molecule has 0 N–H and O–H groups in total. The first-order chi connectivity index (χ1) is 6.75. The summed E-state index contributed by atoms with van der Waals surface area (Å²) in [4.78, 5) is 2.71. The minimum atomic E-state index is 0.313. The van der Waals surface area contributed by atoms with Crippen LogP contribution >= 0.6 is 0 Å². The van der Waals surface area contributed by atoms with Gasteiger partial charge in [0.2, 0.25) is 0 Å². The molecule has 2 aliphatic heterocycles. The summed E-state index contributed by atoms with van der Waals surface area (Å²) in [5, 5.41) is 0. The lowest BCUT2D eigenvalue weighted by Gasteiger charge is -2.38. The van der Waals surface area contributed by atoms with Crippen LogP contribution in [0, 0.1) is 0 Å². The second-order valence-electron chi connectivity index (χ2n) is 7.21. The summed E-state index contributed by atoms with van der Waals surface area (Å²) in [6, 6.07) is 0. The third-order valence-electron chi connectivity index (χ3n) is 4.22. The first kappa shape index (κ1) is 11.4. The van der Waals surface area contributed by atoms with E-state index in [-0.39, 0.29) is 0 Å². The van der Waals surface area contributed by atoms with Crippen molar-refractivity contribution < 1.29 is 4.48 Å². The molecule has 0 aromatic carbocycles. The third-order valence-corrected chi connectivity index (χ3v) is 4.22. The molecule has 0 aromatic heterocycles. The van der Waals surface area contributed by atoms with Crippen molar-refractivity contribution in [3.8, 4) is 0 Å². The van der Waals surface area contributed by atoms with Crippen LogP contribution in [0.1, 0.15) is 47.5 Å². The summed E-state index contributed by atoms with van der Waals surface area (Å²) in [7, 11) is 0. The second kappa shape index (κ2) is 3.21. The van der Waals surface area contributed by atoms with E-state index in [1.165, 1.54) is 43.6 Å². The average Bonchev–Trinajstić information content (AvgIpc) is 2.56. The standard InChI is InChI=1S/C13H27N2/c1-12(2,3)14-11-15(8-6-7-9-15)10-13(14,4)5/h6-11H2,1-5H3/q+1. The molecule has 15 heavy (non-hydrogen) atoms. The molecule has 2 aliphatic rings. The van der Waals surface area contributed by atoms with E-state index in [1.54, 1.807) is 0 Å². The predicted octanol–water partition coefficient (Wildman–Crippen LogP) is 2.45. The van der Waals surface area contributed by atoms with Gasteiger partial charge in [0.25, 0.3) is 0 Å². The molecule has 0 aliphatic carbocycles. The van der Waals surface area contributed by atoms with Gasteiger partial charge in [-0.2, -0.15) is 0 Å². The van der Waals surface area contributed by atoms with E-state index in [4.69, 9.17) is 0 Å². The zero-order chi connectivity index (χ0) is 11.3. The van der Waals surface area contributed by atoms with Gasteiger partial charge < -0.3 is 4.48 Å². The van der Waals surface area contributed by atoms with E-state index < -0.39 is 0 Å². The normalized spacial score (nSPS) is 30.2. The van der Waals surface area contributed by atoms with Gasteiger partial charge in [-0.25, -0.2) is 4.90 Å². The number of rotatable bonds is 0. The Morgan fingerprint density at radius 1 is 1.07 bits per heavy atom. The lowest BCUT2D eigenvalue weighted by atomic mass is 9.97. The Labute approximate surface area is 94.8 Å². The summed E-state index contributed by atoms with van der Waals surface area (Å²) in [5.74, 6) is 0. The SMILES string of the molecule is CC(C)(C)N1C[N+]2(CCCC2)CC1(C)C. The Bertz CT molecular complexity index is 244. The van der Waals surface area contributed by atoms with Crippen molar-refractivity contribution in [3.63, 3.8) is 0 Å². The average molecular weight is 211 g/mol.